The van der Waals surface area contributed by atoms with Gasteiger partial charge in [-0.2, -0.15) is 0 Å². The minimum atomic E-state index is 0. The summed E-state index contributed by atoms with van der Waals surface area (Å²) in [5.74, 6) is 0. The van der Waals surface area contributed by atoms with Crippen LogP contribution in [0, 0.1) is 0 Å². The number of rotatable bonds is 0. The standard InChI is InChI=1S/Al.FH.Na.Ti.4H/h;1H;;;;;;. The van der Waals surface area contributed by atoms with E-state index in [0.717, 1.165) is 0 Å². The molecule has 0 aromatic rings. The van der Waals surface area contributed by atoms with Crippen LogP contribution < -0.4 is 0 Å². The Balaban J connectivity index is 0. The normalized spacial score (nSPS) is 0. The molecule has 0 N–H and O–H groups in total. The molecule has 0 saturated heterocycles. The van der Waals surface area contributed by atoms with Crippen molar-refractivity contribution < 1.29 is 26.4 Å². The first-order valence-corrected chi connectivity index (χ1v) is 0. The van der Waals surface area contributed by atoms with Gasteiger partial charge >= 0.3 is 29.6 Å². The zero-order valence-corrected chi connectivity index (χ0v) is 2.47. The molecular weight excluding hydrogens is 117 g/mol. The summed E-state index contributed by atoms with van der Waals surface area (Å²) in [7, 11) is 0. The van der Waals surface area contributed by atoms with Crippen molar-refractivity contribution in [2.75, 3.05) is 0 Å². The number of hydrogen-bond acceptors (Lipinski definition) is 0. The van der Waals surface area contributed by atoms with Crippen LogP contribution in [-0.2, 0) is 21.7 Å². The fourth-order valence-electron chi connectivity index (χ4n) is 0. The summed E-state index contributed by atoms with van der Waals surface area (Å²) in [5.41, 5.74) is 0. The molecule has 0 nitrogen and oxygen atoms in total. The Bertz CT molecular complexity index is 8.00. The van der Waals surface area contributed by atoms with Crippen molar-refractivity contribution in [3.05, 3.63) is 0 Å². The van der Waals surface area contributed by atoms with E-state index >= 15 is 0 Å². The third-order valence-corrected chi connectivity index (χ3v) is 0. The van der Waals surface area contributed by atoms with E-state index in [9.17, 15) is 0 Å². The van der Waals surface area contributed by atoms with E-state index in [4.69, 9.17) is 0 Å². The van der Waals surface area contributed by atoms with E-state index < -0.39 is 0 Å². The fourth-order valence-corrected chi connectivity index (χ4v) is 0. The van der Waals surface area contributed by atoms with Gasteiger partial charge in [0.2, 0.25) is 0 Å². The average Bonchev–Trinajstić information content (AvgIpc) is 0. The van der Waals surface area contributed by atoms with Gasteiger partial charge in [0.15, 0.2) is 17.4 Å². The Morgan fingerprint density at radius 3 is 1.00 bits per heavy atom. The molecule has 0 unspecified atom stereocenters. The zero-order valence-electron chi connectivity index (χ0n) is 0.908. The van der Waals surface area contributed by atoms with Crippen LogP contribution in [-0.4, -0.2) is 46.9 Å². The molecule has 0 bridgehead atoms. The minimum Gasteiger partial charge on any atom is 0 e. The van der Waals surface area contributed by atoms with E-state index in [0.29, 0.717) is 0 Å². The molecule has 0 radical (unpaired) electrons. The van der Waals surface area contributed by atoms with Crippen LogP contribution in [0.25, 0.3) is 0 Å². The van der Waals surface area contributed by atoms with Crippen LogP contribution in [0.2, 0.25) is 0 Å². The van der Waals surface area contributed by atoms with Gasteiger partial charge in [0.25, 0.3) is 0 Å². The molecule has 0 saturated carbocycles. The minimum absolute atomic E-state index is 0. The Labute approximate surface area is 72.4 Å². The second-order valence-electron chi connectivity index (χ2n) is 0. The predicted molar refractivity (Wildman–Crippen MR) is 19.6 cm³/mol. The summed E-state index contributed by atoms with van der Waals surface area (Å²) < 4.78 is 0. The van der Waals surface area contributed by atoms with Crippen molar-refractivity contribution in [2.24, 2.45) is 0 Å². The van der Waals surface area contributed by atoms with Crippen LogP contribution in [0.3, 0.4) is 0 Å². The third-order valence-electron chi connectivity index (χ3n) is 0. The topological polar surface area (TPSA) is 0 Å². The van der Waals surface area contributed by atoms with Gasteiger partial charge in [-0.25, -0.2) is 0 Å². The Morgan fingerprint density at radius 2 is 1.00 bits per heavy atom. The van der Waals surface area contributed by atoms with Crippen molar-refractivity contribution in [2.45, 2.75) is 0 Å². The molecule has 0 spiro atoms. The Kier molecular flexibility index (Phi) is 166. The fraction of sp³-hybridized carbons (Fsp3) is 0. The van der Waals surface area contributed by atoms with Gasteiger partial charge in [-0.1, -0.05) is 0 Å². The van der Waals surface area contributed by atoms with Gasteiger partial charge in [-0.3, -0.25) is 4.70 Å². The molecule has 0 aliphatic rings. The van der Waals surface area contributed by atoms with Gasteiger partial charge in [-0.15, -0.1) is 0 Å². The molecule has 20 valence electrons. The smallest absolute Gasteiger partial charge is 0 e. The van der Waals surface area contributed by atoms with Crippen LogP contribution in [0.4, 0.5) is 4.70 Å². The number of halogens is 1. The summed E-state index contributed by atoms with van der Waals surface area (Å²) >= 11 is 0. The van der Waals surface area contributed by atoms with Crippen LogP contribution in [0.15, 0.2) is 0 Å². The van der Waals surface area contributed by atoms with E-state index in [1.54, 1.807) is 0 Å². The second-order valence-corrected chi connectivity index (χ2v) is 0. The molecule has 0 atom stereocenters. The van der Waals surface area contributed by atoms with Crippen LogP contribution in [0.1, 0.15) is 0 Å². The molecule has 0 aromatic heterocycles. The molecule has 4 heavy (non-hydrogen) atoms. The first kappa shape index (κ1) is 34.9. The summed E-state index contributed by atoms with van der Waals surface area (Å²) in [4.78, 5) is 0. The maximum Gasteiger partial charge on any atom is 0 e. The molecular formula is H5AlFNaTi. The maximum absolute atomic E-state index is 0. The van der Waals surface area contributed by atoms with Gasteiger partial charge in [-0.05, 0) is 0 Å². The summed E-state index contributed by atoms with van der Waals surface area (Å²) in [5, 5.41) is 0. The second kappa shape index (κ2) is 19.1. The van der Waals surface area contributed by atoms with Crippen LogP contribution in [0.5, 0.6) is 0 Å². The quantitative estimate of drug-likeness (QED) is 0.336. The largest absolute Gasteiger partial charge is 0 e. The molecule has 0 amide bonds. The third kappa shape index (κ3) is 8.90. The zero-order chi connectivity index (χ0) is 0. The molecule has 0 aliphatic carbocycles. The van der Waals surface area contributed by atoms with E-state index in [2.05, 4.69) is 0 Å². The molecule has 0 rings (SSSR count). The van der Waals surface area contributed by atoms with Crippen molar-refractivity contribution in [1.29, 1.82) is 0 Å². The van der Waals surface area contributed by atoms with Crippen molar-refractivity contribution in [3.8, 4) is 0 Å². The molecule has 0 aromatic carbocycles. The first-order chi connectivity index (χ1) is 0. The SMILES string of the molecule is F.[AlH3].[NaH].[Ti]. The molecule has 0 fully saturated rings. The van der Waals surface area contributed by atoms with E-state index in [1.807, 2.05) is 0 Å². The van der Waals surface area contributed by atoms with Gasteiger partial charge in [0, 0.05) is 21.7 Å². The average molecular weight is 122 g/mol. The summed E-state index contributed by atoms with van der Waals surface area (Å²) in [6.45, 7) is 0. The van der Waals surface area contributed by atoms with Crippen molar-refractivity contribution in [1.82, 2.24) is 0 Å². The monoisotopic (exact) mass is 122 g/mol. The first-order valence-electron chi connectivity index (χ1n) is 0. The Morgan fingerprint density at radius 1 is 1.00 bits per heavy atom. The molecule has 0 heterocycles. The summed E-state index contributed by atoms with van der Waals surface area (Å²) in [6, 6.07) is 0. The van der Waals surface area contributed by atoms with E-state index in [-0.39, 0.29) is 73.3 Å². The van der Waals surface area contributed by atoms with E-state index in [1.165, 1.54) is 0 Å². The molecule has 0 aliphatic heterocycles. The summed E-state index contributed by atoms with van der Waals surface area (Å²) in [6.07, 6.45) is 0. The Hall–Kier alpha value is 2.18. The van der Waals surface area contributed by atoms with Gasteiger partial charge in [0.1, 0.15) is 0 Å². The molecule has 4 heteroatoms. The van der Waals surface area contributed by atoms with Gasteiger partial charge < -0.3 is 0 Å². The number of hydrogen-bond donors (Lipinski definition) is 0. The van der Waals surface area contributed by atoms with Crippen LogP contribution >= 0.6 is 0 Å². The van der Waals surface area contributed by atoms with Gasteiger partial charge in [0.05, 0.1) is 0 Å². The van der Waals surface area contributed by atoms with Crippen molar-refractivity contribution in [3.63, 3.8) is 0 Å². The van der Waals surface area contributed by atoms with Crippen molar-refractivity contribution >= 4 is 46.9 Å². The maximum atomic E-state index is 0. The predicted octanol–water partition coefficient (Wildman–Crippen LogP) is -1.68.